The van der Waals surface area contributed by atoms with Crippen molar-refractivity contribution in [3.8, 4) is 0 Å². The first-order valence-corrected chi connectivity index (χ1v) is 7.91. The van der Waals surface area contributed by atoms with Crippen molar-refractivity contribution >= 4 is 32.5 Å². The Bertz CT molecular complexity index is 582. The lowest BCUT2D eigenvalue weighted by Gasteiger charge is -2.03. The van der Waals surface area contributed by atoms with Gasteiger partial charge in [0.15, 0.2) is 5.78 Å². The number of benzene rings is 2. The molecule has 0 saturated heterocycles. The van der Waals surface area contributed by atoms with E-state index < -0.39 is 10.8 Å². The number of rotatable bonds is 4. The fourth-order valence-electron chi connectivity index (χ4n) is 1.71. The van der Waals surface area contributed by atoms with Gasteiger partial charge in [0.05, 0.1) is 16.6 Å². The molecule has 0 aliphatic rings. The molecular weight excluding hydrogens is 324 g/mol. The second-order valence-electron chi connectivity index (χ2n) is 4.24. The number of ketones is 1. The molecule has 1 atom stereocenters. The van der Waals surface area contributed by atoms with Crippen molar-refractivity contribution in [3.05, 3.63) is 64.1 Å². The first kappa shape index (κ1) is 14.2. The van der Waals surface area contributed by atoms with Gasteiger partial charge >= 0.3 is 0 Å². The lowest BCUT2D eigenvalue weighted by atomic mass is 10.1. The maximum absolute atomic E-state index is 12.1. The summed E-state index contributed by atoms with van der Waals surface area (Å²) in [6, 6.07) is 14.6. The van der Waals surface area contributed by atoms with E-state index in [2.05, 4.69) is 15.9 Å². The van der Waals surface area contributed by atoms with Crippen molar-refractivity contribution in [1.82, 2.24) is 0 Å². The molecule has 0 aliphatic heterocycles. The summed E-state index contributed by atoms with van der Waals surface area (Å²) < 4.78 is 13.0. The third-order valence-corrected chi connectivity index (χ3v) is 4.46. The summed E-state index contributed by atoms with van der Waals surface area (Å²) in [5.41, 5.74) is 1.64. The van der Waals surface area contributed by atoms with Crippen LogP contribution in [0.2, 0.25) is 0 Å². The standard InChI is InChI=1S/C15H13BrO2S/c1-11-4-2-5-12(8-11)15(17)10-19(18)14-7-3-6-13(16)9-14/h2-9H,10H2,1H3. The molecule has 0 bridgehead atoms. The lowest BCUT2D eigenvalue weighted by molar-refractivity contribution is 0.102. The maximum Gasteiger partial charge on any atom is 0.175 e. The van der Waals surface area contributed by atoms with Gasteiger partial charge in [-0.2, -0.15) is 0 Å². The van der Waals surface area contributed by atoms with Gasteiger partial charge in [0.2, 0.25) is 0 Å². The van der Waals surface area contributed by atoms with E-state index in [1.165, 1.54) is 0 Å². The molecule has 2 nitrogen and oxygen atoms in total. The summed E-state index contributed by atoms with van der Waals surface area (Å²) in [7, 11) is -1.31. The molecule has 0 aliphatic carbocycles. The van der Waals surface area contributed by atoms with Crippen molar-refractivity contribution in [1.29, 1.82) is 0 Å². The average Bonchev–Trinajstić information content (AvgIpc) is 2.38. The van der Waals surface area contributed by atoms with Gasteiger partial charge in [0, 0.05) is 14.9 Å². The molecule has 0 heterocycles. The summed E-state index contributed by atoms with van der Waals surface area (Å²) in [6.45, 7) is 1.93. The molecule has 0 aromatic heterocycles. The zero-order chi connectivity index (χ0) is 13.8. The number of aryl methyl sites for hydroxylation is 1. The molecule has 2 rings (SSSR count). The monoisotopic (exact) mass is 336 g/mol. The quantitative estimate of drug-likeness (QED) is 0.797. The zero-order valence-electron chi connectivity index (χ0n) is 10.4. The minimum atomic E-state index is -1.31. The fraction of sp³-hybridized carbons (Fsp3) is 0.133. The second kappa shape index (κ2) is 6.26. The Balaban J connectivity index is 2.13. The Morgan fingerprint density at radius 1 is 1.16 bits per heavy atom. The molecule has 0 radical (unpaired) electrons. The van der Waals surface area contributed by atoms with Gasteiger partial charge in [-0.15, -0.1) is 0 Å². The molecular formula is C15H13BrO2S. The van der Waals surface area contributed by atoms with Crippen LogP contribution in [0.15, 0.2) is 57.9 Å². The molecule has 0 N–H and O–H groups in total. The number of hydrogen-bond acceptors (Lipinski definition) is 2. The second-order valence-corrected chi connectivity index (χ2v) is 6.61. The lowest BCUT2D eigenvalue weighted by Crippen LogP contribution is -2.11. The van der Waals surface area contributed by atoms with Crippen LogP contribution in [0.4, 0.5) is 0 Å². The smallest absolute Gasteiger partial charge is 0.175 e. The van der Waals surface area contributed by atoms with Crippen LogP contribution in [-0.4, -0.2) is 15.7 Å². The Morgan fingerprint density at radius 2 is 1.89 bits per heavy atom. The Morgan fingerprint density at radius 3 is 2.58 bits per heavy atom. The molecule has 1 unspecified atom stereocenters. The number of carbonyl (C=O) groups excluding carboxylic acids is 1. The van der Waals surface area contributed by atoms with E-state index in [0.29, 0.717) is 10.5 Å². The van der Waals surface area contributed by atoms with Crippen LogP contribution in [0.5, 0.6) is 0 Å². The Kier molecular flexibility index (Phi) is 4.66. The van der Waals surface area contributed by atoms with Crippen molar-refractivity contribution in [2.45, 2.75) is 11.8 Å². The summed E-state index contributed by atoms with van der Waals surface area (Å²) in [5.74, 6) is -0.0816. The van der Waals surface area contributed by atoms with E-state index >= 15 is 0 Å². The van der Waals surface area contributed by atoms with E-state index in [-0.39, 0.29) is 11.5 Å². The molecule has 0 fully saturated rings. The van der Waals surface area contributed by atoms with Gasteiger partial charge in [-0.05, 0) is 31.2 Å². The third kappa shape index (κ3) is 3.85. The van der Waals surface area contributed by atoms with Crippen molar-refractivity contribution < 1.29 is 9.00 Å². The summed E-state index contributed by atoms with van der Waals surface area (Å²) in [4.78, 5) is 12.7. The van der Waals surface area contributed by atoms with Crippen molar-refractivity contribution in [2.24, 2.45) is 0 Å². The van der Waals surface area contributed by atoms with E-state index in [1.807, 2.05) is 37.3 Å². The van der Waals surface area contributed by atoms with Gasteiger partial charge in [0.25, 0.3) is 0 Å². The highest BCUT2D eigenvalue weighted by Gasteiger charge is 2.12. The molecule has 19 heavy (non-hydrogen) atoms. The highest BCUT2D eigenvalue weighted by atomic mass is 79.9. The first-order valence-electron chi connectivity index (χ1n) is 5.80. The van der Waals surface area contributed by atoms with Crippen LogP contribution >= 0.6 is 15.9 Å². The molecule has 4 heteroatoms. The van der Waals surface area contributed by atoms with Crippen molar-refractivity contribution in [2.75, 3.05) is 5.75 Å². The van der Waals surface area contributed by atoms with Gasteiger partial charge < -0.3 is 0 Å². The first-order chi connectivity index (χ1) is 9.06. The van der Waals surface area contributed by atoms with Crippen molar-refractivity contribution in [3.63, 3.8) is 0 Å². The average molecular weight is 337 g/mol. The van der Waals surface area contributed by atoms with Gasteiger partial charge in [-0.25, -0.2) is 0 Å². The van der Waals surface area contributed by atoms with Gasteiger partial charge in [-0.1, -0.05) is 45.8 Å². The summed E-state index contributed by atoms with van der Waals surface area (Å²) in [5, 5.41) is 0. The van der Waals surface area contributed by atoms with E-state index in [1.54, 1.807) is 18.2 Å². The van der Waals surface area contributed by atoms with Crippen LogP contribution in [0, 0.1) is 6.92 Å². The molecule has 0 saturated carbocycles. The predicted octanol–water partition coefficient (Wildman–Crippen LogP) is 3.75. The molecule has 0 spiro atoms. The van der Waals surface area contributed by atoms with Gasteiger partial charge in [0.1, 0.15) is 0 Å². The van der Waals surface area contributed by atoms with E-state index in [4.69, 9.17) is 0 Å². The van der Waals surface area contributed by atoms with Crippen LogP contribution in [0.3, 0.4) is 0 Å². The Labute approximate surface area is 123 Å². The van der Waals surface area contributed by atoms with Crippen LogP contribution < -0.4 is 0 Å². The number of halogens is 1. The molecule has 98 valence electrons. The van der Waals surface area contributed by atoms with E-state index in [9.17, 15) is 9.00 Å². The van der Waals surface area contributed by atoms with Crippen LogP contribution in [0.25, 0.3) is 0 Å². The molecule has 0 amide bonds. The highest BCUT2D eigenvalue weighted by molar-refractivity contribution is 9.10. The van der Waals surface area contributed by atoms with Crippen LogP contribution in [-0.2, 0) is 10.8 Å². The summed E-state index contributed by atoms with van der Waals surface area (Å²) >= 11 is 3.33. The Hall–Kier alpha value is -1.26. The van der Waals surface area contributed by atoms with Gasteiger partial charge in [-0.3, -0.25) is 9.00 Å². The number of carbonyl (C=O) groups is 1. The number of Topliss-reactive ketones (excluding diaryl/α,β-unsaturated/α-hetero) is 1. The minimum Gasteiger partial charge on any atom is -0.293 e. The largest absolute Gasteiger partial charge is 0.293 e. The molecule has 2 aromatic carbocycles. The number of hydrogen-bond donors (Lipinski definition) is 0. The highest BCUT2D eigenvalue weighted by Crippen LogP contribution is 2.16. The van der Waals surface area contributed by atoms with Crippen LogP contribution in [0.1, 0.15) is 15.9 Å². The SMILES string of the molecule is Cc1cccc(C(=O)CS(=O)c2cccc(Br)c2)c1. The summed E-state index contributed by atoms with van der Waals surface area (Å²) in [6.07, 6.45) is 0. The maximum atomic E-state index is 12.1. The van der Waals surface area contributed by atoms with E-state index in [0.717, 1.165) is 10.0 Å². The normalized spacial score (nSPS) is 12.1. The molecule has 2 aromatic rings. The minimum absolute atomic E-state index is 0.0138. The predicted molar refractivity (Wildman–Crippen MR) is 80.9 cm³/mol. The fourth-order valence-corrected chi connectivity index (χ4v) is 3.32. The third-order valence-electron chi connectivity index (χ3n) is 2.66. The topological polar surface area (TPSA) is 34.1 Å². The zero-order valence-corrected chi connectivity index (χ0v) is 12.8.